The van der Waals surface area contributed by atoms with E-state index in [1.165, 1.54) is 28.0 Å². The number of nitrogens with one attached hydrogen (secondary N) is 2. The molecule has 0 aliphatic carbocycles. The number of nitriles is 1. The zero-order valence-electron chi connectivity index (χ0n) is 68.5. The Bertz CT molecular complexity index is 4160. The van der Waals surface area contributed by atoms with E-state index < -0.39 is 70.1 Å². The lowest BCUT2D eigenvalue weighted by Gasteiger charge is -2.39. The van der Waals surface area contributed by atoms with Crippen LogP contribution >= 0.6 is 17.1 Å². The number of H-pyrrole nitrogens is 1. The Balaban J connectivity index is 0.000000286. The molecule has 0 radical (unpaired) electrons. The van der Waals surface area contributed by atoms with Crippen molar-refractivity contribution in [3.8, 4) is 6.07 Å². The van der Waals surface area contributed by atoms with Crippen molar-refractivity contribution in [2.45, 2.75) is 207 Å². The van der Waals surface area contributed by atoms with E-state index in [0.29, 0.717) is 52.3 Å². The summed E-state index contributed by atoms with van der Waals surface area (Å²) in [6.07, 6.45) is 3.46. The molecular weight excluding hydrogens is 1480 g/mol. The van der Waals surface area contributed by atoms with Crippen LogP contribution in [-0.2, 0) is 67.3 Å². The third-order valence-corrected chi connectivity index (χ3v) is 24.0. The maximum Gasteiger partial charge on any atom is 0.330 e. The first-order chi connectivity index (χ1) is 55.1. The van der Waals surface area contributed by atoms with Crippen molar-refractivity contribution < 1.29 is 56.1 Å². The molecule has 114 heavy (non-hydrogen) atoms. The van der Waals surface area contributed by atoms with E-state index >= 15 is 0 Å². The van der Waals surface area contributed by atoms with Crippen molar-refractivity contribution in [1.29, 1.82) is 5.26 Å². The summed E-state index contributed by atoms with van der Waals surface area (Å²) in [5, 5.41) is 12.0. The first-order valence-electron chi connectivity index (χ1n) is 39.8. The molecule has 25 heteroatoms. The van der Waals surface area contributed by atoms with Crippen molar-refractivity contribution >= 4 is 28.9 Å². The van der Waals surface area contributed by atoms with E-state index in [4.69, 9.17) is 64.9 Å². The van der Waals surface area contributed by atoms with Gasteiger partial charge in [-0.15, -0.1) is 0 Å². The number of aromatic amines is 1. The van der Waals surface area contributed by atoms with E-state index in [0.717, 1.165) is 83.0 Å². The summed E-state index contributed by atoms with van der Waals surface area (Å²) in [5.74, 6) is -0.0171. The Kier molecular flexibility index (Phi) is 37.7. The average Bonchev–Trinajstić information content (AvgIpc) is 1.25. The van der Waals surface area contributed by atoms with Crippen molar-refractivity contribution in [1.82, 2.24) is 29.1 Å². The largest absolute Gasteiger partial charge is 0.361 e. The number of hydrogen-bond donors (Lipinski definition) is 2. The minimum Gasteiger partial charge on any atom is -0.361 e. The molecule has 2 amide bonds. The highest BCUT2D eigenvalue weighted by molar-refractivity contribution is 7.44. The minimum absolute atomic E-state index is 0.0225. The van der Waals surface area contributed by atoms with Gasteiger partial charge in [0.1, 0.15) is 62.4 Å². The Labute approximate surface area is 677 Å². The molecule has 7 atom stereocenters. The number of carbonyl (C=O) groups is 2. The molecule has 0 saturated carbocycles. The SMILES string of the molecule is [C-]#[N+]CCOP(OCCCCCC(=O)N1CCC[C@H]1C(=O)NCCCCOC(c1ccccc1)(c1ccc(C)cc1)c1ccc(C)cc1)N(C(C)C)C(C)C.[C-]#[N+]CCOP(O[C@@H]1C(OCOCOCCC#N)[C@H](n2ccc(=O)[nH]c2=O)O[C@@H]1COC(c1ccccc1)(c1ccc(C)cc1)c1ccc(C)cc1)N(C(C)C)C(C)C. The third-order valence-electron chi connectivity index (χ3n) is 19.8. The summed E-state index contributed by atoms with van der Waals surface area (Å²) in [6.45, 7) is 42.2. The summed E-state index contributed by atoms with van der Waals surface area (Å²) in [5.41, 5.74) is 7.25. The van der Waals surface area contributed by atoms with Gasteiger partial charge in [0, 0.05) is 62.5 Å². The van der Waals surface area contributed by atoms with Crippen LogP contribution in [-0.4, -0.2) is 164 Å². The molecule has 2 saturated heterocycles. The number of carbonyl (C=O) groups excluding carboxylic acids is 2. The number of nitrogens with zero attached hydrogens (tertiary/aromatic N) is 7. The van der Waals surface area contributed by atoms with Gasteiger partial charge in [-0.3, -0.25) is 23.9 Å². The number of benzene rings is 6. The molecule has 2 aliphatic heterocycles. The number of likely N-dealkylation sites (tertiary alicyclic amines) is 1. The highest BCUT2D eigenvalue weighted by Gasteiger charge is 2.52. The normalized spacial score (nSPS) is 16.9. The lowest BCUT2D eigenvalue weighted by Crippen LogP contribution is -2.46. The zero-order valence-corrected chi connectivity index (χ0v) is 70.2. The summed E-state index contributed by atoms with van der Waals surface area (Å²) >= 11 is 0. The lowest BCUT2D eigenvalue weighted by molar-refractivity contribution is -0.174. The van der Waals surface area contributed by atoms with E-state index in [2.05, 4.69) is 192 Å². The fourth-order valence-electron chi connectivity index (χ4n) is 14.3. The van der Waals surface area contributed by atoms with Gasteiger partial charge in [0.05, 0.1) is 32.3 Å². The standard InChI is InChI=1S/C45H63N4O5P.C44H54N5O9P/c1-35(2)49(36(3)4)55(54-34-30-46-7)53-33-14-9-12-20-43(50)48-31-16-19-42(48)44(51)47-29-13-15-32-52-45(39-17-10-8-11-18-39,40-25-21-37(5)22-26-40)41-27-23-38(6)24-28-41;1-31(2)49(32(3)4)59(56-27-24-46-7)58-40-38(57-42(48-25-22-39(50)47-43(48)51)41(40)54-30-53-29-52-26-11-23-45)28-55-44(35-12-9-8-10-13-35,36-18-14-33(5)15-19-36)37-20-16-34(6)17-21-37/h8,10-11,17-18,21-28,35-36,42H,9,12-16,19-20,29-34H2,1-6H3,(H,47,51);8-10,12-22,25,31-32,38,40-42H,11,24,26-30H2,1-6H3,(H,47,50,51)/t42-,55?;38-,40+,41?,42-,59?/m01/s1. The van der Waals surface area contributed by atoms with Gasteiger partial charge >= 0.3 is 5.69 Å². The maximum atomic E-state index is 13.4. The quantitative estimate of drug-likeness (QED) is 0.0119. The van der Waals surface area contributed by atoms with E-state index in [9.17, 15) is 19.2 Å². The van der Waals surface area contributed by atoms with Crippen LogP contribution in [0.1, 0.15) is 175 Å². The predicted molar refractivity (Wildman–Crippen MR) is 446 cm³/mol. The number of ether oxygens (including phenoxy) is 6. The number of aromatic nitrogens is 2. The molecule has 612 valence electrons. The molecule has 3 unspecified atom stereocenters. The van der Waals surface area contributed by atoms with E-state index in [-0.39, 0.29) is 82.4 Å². The molecule has 2 N–H and O–H groups in total. The van der Waals surface area contributed by atoms with E-state index in [1.807, 2.05) is 84.0 Å². The van der Waals surface area contributed by atoms with E-state index in [1.54, 1.807) is 4.90 Å². The molecule has 23 nitrogen and oxygen atoms in total. The van der Waals surface area contributed by atoms with Crippen LogP contribution in [0.5, 0.6) is 0 Å². The molecule has 9 rings (SSSR count). The first-order valence-corrected chi connectivity index (χ1v) is 42.1. The van der Waals surface area contributed by atoms with Gasteiger partial charge in [-0.1, -0.05) is 186 Å². The molecule has 7 aromatic rings. The molecular formula is C89H117N9O14P2. The van der Waals surface area contributed by atoms with Crippen LogP contribution in [0.3, 0.4) is 0 Å². The topological polar surface area (TPSA) is 236 Å². The Morgan fingerprint density at radius 3 is 1.57 bits per heavy atom. The molecule has 1 aromatic heterocycles. The fourth-order valence-corrected chi connectivity index (χ4v) is 17.6. The van der Waals surface area contributed by atoms with Crippen LogP contribution in [0.15, 0.2) is 180 Å². The van der Waals surface area contributed by atoms with Gasteiger partial charge in [0.2, 0.25) is 24.9 Å². The lowest BCUT2D eigenvalue weighted by atomic mass is 9.79. The first kappa shape index (κ1) is 91.3. The molecule has 0 spiro atoms. The monoisotopic (exact) mass is 1600 g/mol. The molecule has 2 aliphatic rings. The summed E-state index contributed by atoms with van der Waals surface area (Å²) < 4.78 is 69.7. The van der Waals surface area contributed by atoms with Crippen LogP contribution in [0.25, 0.3) is 9.69 Å². The molecule has 2 fully saturated rings. The number of unbranched alkanes of at least 4 members (excludes halogenated alkanes) is 3. The second-order valence-electron chi connectivity index (χ2n) is 29.7. The average molecular weight is 1600 g/mol. The minimum atomic E-state index is -1.85. The second-order valence-corrected chi connectivity index (χ2v) is 32.5. The summed E-state index contributed by atoms with van der Waals surface area (Å²) in [7, 11) is -3.10. The van der Waals surface area contributed by atoms with Gasteiger partial charge in [0.15, 0.2) is 6.23 Å². The predicted octanol–water partition coefficient (Wildman–Crippen LogP) is 16.3. The molecule has 0 bridgehead atoms. The van der Waals surface area contributed by atoms with Crippen LogP contribution in [0.2, 0.25) is 0 Å². The summed E-state index contributed by atoms with van der Waals surface area (Å²) in [6, 6.07) is 57.3. The van der Waals surface area contributed by atoms with Crippen molar-refractivity contribution in [2.24, 2.45) is 0 Å². The van der Waals surface area contributed by atoms with Crippen molar-refractivity contribution in [3.63, 3.8) is 0 Å². The van der Waals surface area contributed by atoms with Gasteiger partial charge in [0.25, 0.3) is 22.6 Å². The number of hydrogen-bond acceptors (Lipinski definition) is 17. The Morgan fingerprint density at radius 1 is 0.588 bits per heavy atom. The number of rotatable bonds is 45. The zero-order chi connectivity index (χ0) is 82.0. The number of amides is 2. The van der Waals surface area contributed by atoms with Gasteiger partial charge < -0.3 is 66.4 Å². The van der Waals surface area contributed by atoms with Gasteiger partial charge in [-0.25, -0.2) is 27.3 Å². The third kappa shape index (κ3) is 25.6. The maximum absolute atomic E-state index is 13.4. The highest BCUT2D eigenvalue weighted by Crippen LogP contribution is 2.52. The van der Waals surface area contributed by atoms with Crippen molar-refractivity contribution in [3.05, 3.63) is 269 Å². The Hall–Kier alpha value is -8.21. The van der Waals surface area contributed by atoms with Gasteiger partial charge in [-0.2, -0.15) is 5.26 Å². The van der Waals surface area contributed by atoms with Crippen molar-refractivity contribution in [2.75, 3.05) is 79.4 Å². The fraction of sp³-hybridized carbons (Fsp3) is 0.494. The molecule has 3 heterocycles. The molecule has 6 aromatic carbocycles. The smallest absolute Gasteiger partial charge is 0.330 e. The van der Waals surface area contributed by atoms with Crippen LogP contribution in [0, 0.1) is 52.2 Å². The summed E-state index contributed by atoms with van der Waals surface area (Å²) in [4.78, 5) is 63.2. The van der Waals surface area contributed by atoms with Crippen LogP contribution < -0.4 is 16.6 Å². The Morgan fingerprint density at radius 2 is 1.07 bits per heavy atom. The van der Waals surface area contributed by atoms with Gasteiger partial charge in [-0.05, 0) is 155 Å². The second kappa shape index (κ2) is 47.1. The van der Waals surface area contributed by atoms with Crippen LogP contribution in [0.4, 0.5) is 0 Å². The highest BCUT2D eigenvalue weighted by atomic mass is 31.2. The number of aryl methyl sites for hydroxylation is 4.